The fourth-order valence-electron chi connectivity index (χ4n) is 11.0. The van der Waals surface area contributed by atoms with Gasteiger partial charge in [-0.2, -0.15) is 0 Å². The number of ether oxygens (including phenoxy) is 3. The van der Waals surface area contributed by atoms with Gasteiger partial charge in [-0.25, -0.2) is 4.79 Å². The van der Waals surface area contributed by atoms with Gasteiger partial charge in [0.05, 0.1) is 16.6 Å². The molecule has 0 aromatic rings. The number of fused-ring (bicyclic) bond motifs is 5. The smallest absolute Gasteiger partial charge is 0.334 e. The monoisotopic (exact) mass is 492 g/mol. The Morgan fingerprint density at radius 3 is 2.61 bits per heavy atom. The van der Waals surface area contributed by atoms with E-state index in [1.54, 1.807) is 0 Å². The molecule has 12 atom stereocenters. The van der Waals surface area contributed by atoms with Crippen LogP contribution in [0, 0.1) is 39.9 Å². The summed E-state index contributed by atoms with van der Waals surface area (Å²) in [5, 5.41) is 12.1. The van der Waals surface area contributed by atoms with E-state index < -0.39 is 21.8 Å². The lowest BCUT2D eigenvalue weighted by molar-refractivity contribution is -0.155. The molecule has 0 aromatic heterocycles. The van der Waals surface area contributed by atoms with Crippen molar-refractivity contribution in [1.29, 1.82) is 0 Å². The van der Waals surface area contributed by atoms with Crippen molar-refractivity contribution in [3.05, 3.63) is 36.0 Å². The number of hydrogen-bond acceptors (Lipinski definition) is 6. The number of esters is 2. The van der Waals surface area contributed by atoms with Crippen LogP contribution < -0.4 is 0 Å². The topological polar surface area (TPSA) is 85.4 Å². The van der Waals surface area contributed by atoms with Crippen LogP contribution >= 0.6 is 0 Å². The van der Waals surface area contributed by atoms with Crippen molar-refractivity contribution in [3.8, 4) is 0 Å². The SMILES string of the molecule is C=C1C(=O)O[C@@H]2C3[C@@]4(C=C[C@@]3(C)[C@@]3(C4)C(=O)O[C@H]4[C@H]3CC[C@]3(C)O[C@@]35CC=C(C)[C@H]45)[C@](C)(O)CC[C@@H]12. The minimum atomic E-state index is -1.03. The molecule has 3 saturated heterocycles. The van der Waals surface area contributed by atoms with Crippen LogP contribution in [-0.4, -0.2) is 46.1 Å². The highest BCUT2D eigenvalue weighted by Crippen LogP contribution is 2.81. The first-order chi connectivity index (χ1) is 16.9. The van der Waals surface area contributed by atoms with Gasteiger partial charge in [-0.05, 0) is 59.3 Å². The lowest BCUT2D eigenvalue weighted by Crippen LogP contribution is -2.49. The van der Waals surface area contributed by atoms with Crippen molar-refractivity contribution in [2.45, 2.75) is 95.2 Å². The molecule has 0 radical (unpaired) electrons. The predicted octanol–water partition coefficient (Wildman–Crippen LogP) is 4.03. The zero-order valence-electron chi connectivity index (χ0n) is 21.6. The highest BCUT2D eigenvalue weighted by Gasteiger charge is 2.85. The second kappa shape index (κ2) is 5.88. The summed E-state index contributed by atoms with van der Waals surface area (Å²) in [4.78, 5) is 27.0. The second-order valence-corrected chi connectivity index (χ2v) is 14.0. The highest BCUT2D eigenvalue weighted by molar-refractivity contribution is 5.91. The Kier molecular flexibility index (Phi) is 3.61. The third-order valence-corrected chi connectivity index (χ3v) is 13.0. The van der Waals surface area contributed by atoms with E-state index in [0.717, 1.165) is 19.3 Å². The molecular weight excluding hydrogens is 456 g/mol. The molecular formula is C30H36O6. The third-order valence-electron chi connectivity index (χ3n) is 13.0. The van der Waals surface area contributed by atoms with Crippen LogP contribution in [0.5, 0.6) is 0 Å². The van der Waals surface area contributed by atoms with E-state index in [-0.39, 0.29) is 59.0 Å². The van der Waals surface area contributed by atoms with Crippen molar-refractivity contribution in [3.63, 3.8) is 0 Å². The summed E-state index contributed by atoms with van der Waals surface area (Å²) < 4.78 is 19.0. The largest absolute Gasteiger partial charge is 0.461 e. The maximum absolute atomic E-state index is 14.3. The van der Waals surface area contributed by atoms with E-state index in [1.165, 1.54) is 5.57 Å². The molecule has 3 aliphatic heterocycles. The highest BCUT2D eigenvalue weighted by atomic mass is 16.6. The molecule has 3 saturated carbocycles. The summed E-state index contributed by atoms with van der Waals surface area (Å²) in [7, 11) is 0. The van der Waals surface area contributed by atoms with E-state index in [4.69, 9.17) is 14.2 Å². The fourth-order valence-corrected chi connectivity index (χ4v) is 11.0. The van der Waals surface area contributed by atoms with Crippen LogP contribution in [0.3, 0.4) is 0 Å². The molecule has 8 aliphatic rings. The summed E-state index contributed by atoms with van der Waals surface area (Å²) in [6, 6.07) is 0. The molecule has 6 nitrogen and oxygen atoms in total. The first kappa shape index (κ1) is 22.1. The van der Waals surface area contributed by atoms with Crippen molar-refractivity contribution in [2.24, 2.45) is 39.9 Å². The lowest BCUT2D eigenvalue weighted by Gasteiger charge is -2.45. The zero-order valence-corrected chi connectivity index (χ0v) is 21.6. The molecule has 192 valence electrons. The van der Waals surface area contributed by atoms with Crippen LogP contribution in [0.2, 0.25) is 0 Å². The molecule has 1 N–H and O–H groups in total. The minimum absolute atomic E-state index is 0.0230. The Morgan fingerprint density at radius 2 is 1.83 bits per heavy atom. The van der Waals surface area contributed by atoms with Crippen molar-refractivity contribution in [1.82, 2.24) is 0 Å². The van der Waals surface area contributed by atoms with Crippen molar-refractivity contribution in [2.75, 3.05) is 0 Å². The molecule has 8 rings (SSSR count). The third kappa shape index (κ3) is 1.95. The predicted molar refractivity (Wildman–Crippen MR) is 129 cm³/mol. The summed E-state index contributed by atoms with van der Waals surface area (Å²) in [6.07, 6.45) is 10.4. The van der Waals surface area contributed by atoms with E-state index in [1.807, 2.05) is 6.92 Å². The van der Waals surface area contributed by atoms with Crippen LogP contribution in [0.1, 0.15) is 66.2 Å². The van der Waals surface area contributed by atoms with Gasteiger partial charge < -0.3 is 19.3 Å². The number of rotatable bonds is 0. The van der Waals surface area contributed by atoms with E-state index >= 15 is 0 Å². The van der Waals surface area contributed by atoms with Crippen LogP contribution in [0.15, 0.2) is 36.0 Å². The molecule has 5 aliphatic carbocycles. The normalized spacial score (nSPS) is 61.5. The Hall–Kier alpha value is -1.92. The van der Waals surface area contributed by atoms with E-state index in [9.17, 15) is 14.7 Å². The molecule has 3 heterocycles. The fraction of sp³-hybridized carbons (Fsp3) is 0.733. The number of carbonyl (C=O) groups is 2. The Bertz CT molecular complexity index is 1230. The number of allylic oxidation sites excluding steroid dienone is 1. The average molecular weight is 493 g/mol. The van der Waals surface area contributed by atoms with Crippen LogP contribution in [0.25, 0.3) is 0 Å². The quantitative estimate of drug-likeness (QED) is 0.238. The first-order valence-corrected chi connectivity index (χ1v) is 13.8. The number of aliphatic hydroxyl groups is 1. The maximum atomic E-state index is 14.3. The van der Waals surface area contributed by atoms with Crippen LogP contribution in [0.4, 0.5) is 0 Å². The molecule has 36 heavy (non-hydrogen) atoms. The zero-order chi connectivity index (χ0) is 25.3. The number of carbonyl (C=O) groups excluding carboxylic acids is 2. The summed E-state index contributed by atoms with van der Waals surface area (Å²) in [6.45, 7) is 12.6. The first-order valence-electron chi connectivity index (χ1n) is 13.8. The van der Waals surface area contributed by atoms with Gasteiger partial charge in [0.2, 0.25) is 0 Å². The van der Waals surface area contributed by atoms with Gasteiger partial charge in [-0.3, -0.25) is 4.79 Å². The van der Waals surface area contributed by atoms with Gasteiger partial charge in [0.15, 0.2) is 0 Å². The van der Waals surface area contributed by atoms with Gasteiger partial charge in [0, 0.05) is 40.1 Å². The van der Waals surface area contributed by atoms with E-state index in [2.05, 4.69) is 45.6 Å². The summed E-state index contributed by atoms with van der Waals surface area (Å²) in [5.41, 5.74) is -1.71. The Balaban J connectivity index is 1.31. The van der Waals surface area contributed by atoms with Crippen molar-refractivity contribution >= 4 is 11.9 Å². The summed E-state index contributed by atoms with van der Waals surface area (Å²) >= 11 is 0. The Labute approximate surface area is 212 Å². The van der Waals surface area contributed by atoms with Gasteiger partial charge in [-0.15, -0.1) is 0 Å². The lowest BCUT2D eigenvalue weighted by atomic mass is 9.55. The van der Waals surface area contributed by atoms with Gasteiger partial charge in [-0.1, -0.05) is 37.3 Å². The molecule has 6 heteroatoms. The number of hydrogen-bond donors (Lipinski definition) is 1. The number of epoxide rings is 1. The maximum Gasteiger partial charge on any atom is 0.334 e. The average Bonchev–Trinajstić information content (AvgIpc) is 3.13. The summed E-state index contributed by atoms with van der Waals surface area (Å²) in [5.74, 6) is -0.687. The van der Waals surface area contributed by atoms with Crippen LogP contribution in [-0.2, 0) is 23.8 Å². The van der Waals surface area contributed by atoms with Gasteiger partial charge in [0.25, 0.3) is 0 Å². The molecule has 6 fully saturated rings. The molecule has 0 amide bonds. The standard InChI is InChI=1S/C30H36O6/c1-15-6-11-30-19(15)21-18(8-10-27(30,5)36-30)29(24(32)35-21)14-28-13-12-25(29,3)22(28)20-17(7-9-26(28,4)33)16(2)23(31)34-20/h6,12-13,17-22,33H,2,7-11,14H2,1,3-5H3/t17-,18+,19+,20-,21-,22?,25+,26+,27-,28-,29+,30+/m0/s1. The molecule has 2 spiro atoms. The van der Waals surface area contributed by atoms with Gasteiger partial charge in [0.1, 0.15) is 17.8 Å². The molecule has 1 unspecified atom stereocenters. The van der Waals surface area contributed by atoms with E-state index in [0.29, 0.717) is 24.8 Å². The minimum Gasteiger partial charge on any atom is -0.461 e. The van der Waals surface area contributed by atoms with Crippen molar-refractivity contribution < 1.29 is 28.9 Å². The Morgan fingerprint density at radius 1 is 1.06 bits per heavy atom. The van der Waals surface area contributed by atoms with Gasteiger partial charge >= 0.3 is 11.9 Å². The molecule has 0 aromatic carbocycles. The second-order valence-electron chi connectivity index (χ2n) is 14.0. The molecule has 2 bridgehead atoms.